The van der Waals surface area contributed by atoms with Crippen molar-refractivity contribution in [2.45, 2.75) is 25.4 Å². The van der Waals surface area contributed by atoms with E-state index in [9.17, 15) is 5.11 Å². The van der Waals surface area contributed by atoms with Crippen LogP contribution in [0.4, 0.5) is 5.69 Å². The van der Waals surface area contributed by atoms with Crippen molar-refractivity contribution in [2.24, 2.45) is 5.73 Å². The molecule has 0 spiro atoms. The molecule has 5 nitrogen and oxygen atoms in total. The average Bonchev–Trinajstić information content (AvgIpc) is 2.46. The molecule has 1 saturated heterocycles. The molecule has 21 heavy (non-hydrogen) atoms. The Morgan fingerprint density at radius 3 is 2.67 bits per heavy atom. The van der Waals surface area contributed by atoms with Crippen molar-refractivity contribution in [1.82, 2.24) is 4.98 Å². The van der Waals surface area contributed by atoms with Crippen LogP contribution in [0.1, 0.15) is 25.3 Å². The van der Waals surface area contributed by atoms with Gasteiger partial charge in [-0.15, -0.1) is 0 Å². The first-order chi connectivity index (χ1) is 9.98. The largest absolute Gasteiger partial charge is 0.390 e. The maximum Gasteiger partial charge on any atom is 0.126 e. The second-order valence-corrected chi connectivity index (χ2v) is 5.94. The van der Waals surface area contributed by atoms with Gasteiger partial charge >= 0.3 is 0 Å². The highest BCUT2D eigenvalue weighted by Crippen LogP contribution is 2.33. The Labute approximate surface area is 123 Å². The van der Waals surface area contributed by atoms with Crippen LogP contribution in [0.2, 0.25) is 0 Å². The van der Waals surface area contributed by atoms with Crippen molar-refractivity contribution in [3.63, 3.8) is 0 Å². The molecule has 1 aliphatic heterocycles. The van der Waals surface area contributed by atoms with Crippen molar-refractivity contribution in [1.29, 1.82) is 5.41 Å². The molecule has 2 aromatic rings. The number of anilines is 1. The molecule has 4 N–H and O–H groups in total. The Bertz CT molecular complexity index is 686. The number of hydrogen-bond acceptors (Lipinski definition) is 4. The van der Waals surface area contributed by atoms with Crippen LogP contribution in [0.15, 0.2) is 30.5 Å². The highest BCUT2D eigenvalue weighted by atomic mass is 16.3. The number of nitrogens with two attached hydrogens (primary N) is 1. The zero-order valence-corrected chi connectivity index (χ0v) is 12.1. The summed E-state index contributed by atoms with van der Waals surface area (Å²) in [6.07, 6.45) is 3.09. The first kappa shape index (κ1) is 13.8. The molecule has 1 fully saturated rings. The van der Waals surface area contributed by atoms with E-state index in [1.54, 1.807) is 6.20 Å². The molecule has 2 heterocycles. The molecule has 1 aromatic heterocycles. The Hall–Kier alpha value is -2.14. The lowest BCUT2D eigenvalue weighted by Gasteiger charge is -2.38. The summed E-state index contributed by atoms with van der Waals surface area (Å²) in [5.41, 5.74) is 7.65. The van der Waals surface area contributed by atoms with Gasteiger partial charge in [-0.25, -0.2) is 0 Å². The van der Waals surface area contributed by atoms with Gasteiger partial charge in [0.15, 0.2) is 0 Å². The third-order valence-corrected chi connectivity index (χ3v) is 4.19. The Balaban J connectivity index is 2.11. The van der Waals surface area contributed by atoms with Crippen molar-refractivity contribution in [2.75, 3.05) is 18.0 Å². The standard InChI is InChI=1S/C16H20N4O/c1-16(21)6-8-20(9-7-16)14-11-4-2-3-5-13(11)19-10-12(14)15(17)18/h2-5,10,21H,6-9H2,1H3,(H3,17,18). The fraction of sp³-hybridized carbons (Fsp3) is 0.375. The molecule has 0 amide bonds. The molecule has 5 heteroatoms. The lowest BCUT2D eigenvalue weighted by atomic mass is 9.92. The van der Waals surface area contributed by atoms with Crippen molar-refractivity contribution < 1.29 is 5.11 Å². The van der Waals surface area contributed by atoms with Gasteiger partial charge in [-0.2, -0.15) is 0 Å². The number of nitrogens with one attached hydrogen (secondary N) is 1. The number of fused-ring (bicyclic) bond motifs is 1. The van der Waals surface area contributed by atoms with Crippen molar-refractivity contribution in [3.8, 4) is 0 Å². The van der Waals surface area contributed by atoms with Gasteiger partial charge in [-0.3, -0.25) is 10.4 Å². The zero-order chi connectivity index (χ0) is 15.0. The quantitative estimate of drug-likeness (QED) is 0.580. The molecular formula is C16H20N4O. The Kier molecular flexibility index (Phi) is 3.29. The Morgan fingerprint density at radius 2 is 2.00 bits per heavy atom. The van der Waals surface area contributed by atoms with E-state index in [0.717, 1.165) is 29.7 Å². The maximum absolute atomic E-state index is 10.1. The number of piperidine rings is 1. The van der Waals surface area contributed by atoms with Crippen molar-refractivity contribution >= 4 is 22.4 Å². The van der Waals surface area contributed by atoms with Crippen LogP contribution in [0.3, 0.4) is 0 Å². The predicted molar refractivity (Wildman–Crippen MR) is 84.8 cm³/mol. The van der Waals surface area contributed by atoms with Crippen molar-refractivity contribution in [3.05, 3.63) is 36.0 Å². The highest BCUT2D eigenvalue weighted by Gasteiger charge is 2.29. The number of rotatable bonds is 2. The number of nitrogens with zero attached hydrogens (tertiary/aromatic N) is 2. The predicted octanol–water partition coefficient (Wildman–Crippen LogP) is 1.87. The smallest absolute Gasteiger partial charge is 0.126 e. The molecule has 3 rings (SSSR count). The summed E-state index contributed by atoms with van der Waals surface area (Å²) in [6.45, 7) is 3.38. The summed E-state index contributed by atoms with van der Waals surface area (Å²) in [6, 6.07) is 7.89. The zero-order valence-electron chi connectivity index (χ0n) is 12.1. The first-order valence-corrected chi connectivity index (χ1v) is 7.17. The van der Waals surface area contributed by atoms with E-state index < -0.39 is 5.60 Å². The highest BCUT2D eigenvalue weighted by molar-refractivity contribution is 6.07. The second kappa shape index (κ2) is 5.00. The molecule has 0 bridgehead atoms. The minimum absolute atomic E-state index is 0.0283. The van der Waals surface area contributed by atoms with Crippen LogP contribution in [0.25, 0.3) is 10.9 Å². The molecule has 1 aliphatic rings. The van der Waals surface area contributed by atoms with Gasteiger partial charge in [0.2, 0.25) is 0 Å². The molecule has 1 aromatic carbocycles. The molecular weight excluding hydrogens is 264 g/mol. The normalized spacial score (nSPS) is 17.9. The van der Waals surface area contributed by atoms with Gasteiger partial charge in [0.1, 0.15) is 5.84 Å². The summed E-state index contributed by atoms with van der Waals surface area (Å²) in [4.78, 5) is 6.60. The number of hydrogen-bond donors (Lipinski definition) is 3. The minimum Gasteiger partial charge on any atom is -0.390 e. The summed E-state index contributed by atoms with van der Waals surface area (Å²) in [7, 11) is 0. The van der Waals surface area contributed by atoms with Crippen LogP contribution < -0.4 is 10.6 Å². The van der Waals surface area contributed by atoms with Gasteiger partial charge < -0.3 is 15.7 Å². The van der Waals surface area contributed by atoms with E-state index in [-0.39, 0.29) is 5.84 Å². The second-order valence-electron chi connectivity index (χ2n) is 5.94. The average molecular weight is 284 g/mol. The molecule has 0 unspecified atom stereocenters. The number of benzene rings is 1. The van der Waals surface area contributed by atoms with Crippen LogP contribution in [0, 0.1) is 5.41 Å². The van der Waals surface area contributed by atoms with Gasteiger partial charge in [0.25, 0.3) is 0 Å². The van der Waals surface area contributed by atoms with Crippen LogP contribution in [-0.4, -0.2) is 34.6 Å². The number of pyridine rings is 1. The summed E-state index contributed by atoms with van der Waals surface area (Å²) < 4.78 is 0. The van der Waals surface area contributed by atoms with E-state index in [2.05, 4.69) is 9.88 Å². The lowest BCUT2D eigenvalue weighted by molar-refractivity contribution is 0.0352. The first-order valence-electron chi connectivity index (χ1n) is 7.17. The number of amidine groups is 1. The maximum atomic E-state index is 10.1. The van der Waals surface area contributed by atoms with Crippen LogP contribution in [0.5, 0.6) is 0 Å². The van der Waals surface area contributed by atoms with Gasteiger partial charge in [-0.1, -0.05) is 18.2 Å². The third-order valence-electron chi connectivity index (χ3n) is 4.19. The fourth-order valence-corrected chi connectivity index (χ4v) is 2.88. The van der Waals surface area contributed by atoms with E-state index in [1.165, 1.54) is 0 Å². The fourth-order valence-electron chi connectivity index (χ4n) is 2.88. The third kappa shape index (κ3) is 2.56. The van der Waals surface area contributed by atoms with Gasteiger partial charge in [-0.05, 0) is 25.8 Å². The van der Waals surface area contributed by atoms with E-state index in [4.69, 9.17) is 11.1 Å². The number of aromatic nitrogens is 1. The lowest BCUT2D eigenvalue weighted by Crippen LogP contribution is -2.43. The monoisotopic (exact) mass is 284 g/mol. The van der Waals surface area contributed by atoms with E-state index in [0.29, 0.717) is 18.4 Å². The van der Waals surface area contributed by atoms with Crippen LogP contribution >= 0.6 is 0 Å². The number of para-hydroxylation sites is 1. The van der Waals surface area contributed by atoms with Gasteiger partial charge in [0.05, 0.1) is 22.4 Å². The molecule has 110 valence electrons. The van der Waals surface area contributed by atoms with Gasteiger partial charge in [0, 0.05) is 24.7 Å². The Morgan fingerprint density at radius 1 is 1.33 bits per heavy atom. The molecule has 0 aliphatic carbocycles. The molecule has 0 saturated carbocycles. The number of nitrogen functional groups attached to an aromatic ring is 1. The number of aliphatic hydroxyl groups is 1. The molecule has 0 atom stereocenters. The molecule has 0 radical (unpaired) electrons. The minimum atomic E-state index is -0.601. The van der Waals surface area contributed by atoms with E-state index in [1.807, 2.05) is 31.2 Å². The summed E-state index contributed by atoms with van der Waals surface area (Å²) >= 11 is 0. The van der Waals surface area contributed by atoms with E-state index >= 15 is 0 Å². The summed E-state index contributed by atoms with van der Waals surface area (Å²) in [5.74, 6) is 0.0283. The SMILES string of the molecule is CC1(O)CCN(c2c(C(=N)N)cnc3ccccc23)CC1. The topological polar surface area (TPSA) is 86.2 Å². The van der Waals surface area contributed by atoms with Crippen LogP contribution in [-0.2, 0) is 0 Å². The summed E-state index contributed by atoms with van der Waals surface area (Å²) in [5, 5.41) is 18.9.